The van der Waals surface area contributed by atoms with Crippen LogP contribution in [0.5, 0.6) is 0 Å². The Labute approximate surface area is 119 Å². The molecule has 0 aliphatic carbocycles. The molecule has 0 aromatic rings. The van der Waals surface area contributed by atoms with Crippen LogP contribution in [0.1, 0.15) is 48.0 Å². The topological polar surface area (TPSA) is 72.8 Å². The van der Waals surface area contributed by atoms with Crippen LogP contribution in [0, 0.1) is 0 Å². The van der Waals surface area contributed by atoms with E-state index in [1.165, 1.54) is 6.92 Å². The Bertz CT molecular complexity index is 229. The van der Waals surface area contributed by atoms with Crippen LogP contribution in [-0.2, 0) is 15.3 Å². The van der Waals surface area contributed by atoms with E-state index >= 15 is 0 Å². The van der Waals surface area contributed by atoms with E-state index in [-0.39, 0.29) is 15.4 Å². The third-order valence-corrected chi connectivity index (χ3v) is 9.41. The van der Waals surface area contributed by atoms with Crippen LogP contribution >= 0.6 is 0 Å². The molecule has 0 atom stereocenters. The standard InChI is InChI=1S/C4H6O3.C4H9.2C2H5O.In/c1-3(5)2-4(6)7;1-4(2)3;2*1-2-3;/h2H2,1H3,(H,6,7);1-3H3;2*2H2,1H3;/q;;2*-1;+2. The number of carboxylic acids is 1. The molecule has 0 aromatic carbocycles. The van der Waals surface area contributed by atoms with Crippen LogP contribution in [0.2, 0.25) is 3.17 Å². The fourth-order valence-electron chi connectivity index (χ4n) is 1.06. The first-order valence-electron chi connectivity index (χ1n) is 6.09. The predicted octanol–water partition coefficient (Wildman–Crippen LogP) is 2.40. The van der Waals surface area contributed by atoms with E-state index in [2.05, 4.69) is 20.8 Å². The zero-order chi connectivity index (χ0) is 14.8. The molecule has 0 unspecified atom stereocenters. The van der Waals surface area contributed by atoms with E-state index in [9.17, 15) is 9.59 Å². The molecule has 0 radical (unpaired) electrons. The van der Waals surface area contributed by atoms with Crippen molar-refractivity contribution in [3.05, 3.63) is 0 Å². The summed E-state index contributed by atoms with van der Waals surface area (Å²) in [6, 6.07) is 0. The van der Waals surface area contributed by atoms with Crippen molar-refractivity contribution in [2.45, 2.75) is 51.1 Å². The van der Waals surface area contributed by atoms with Crippen molar-refractivity contribution < 1.29 is 20.4 Å². The van der Waals surface area contributed by atoms with Gasteiger partial charge in [-0.05, 0) is 6.92 Å². The van der Waals surface area contributed by atoms with E-state index < -0.39 is 28.3 Å². The number of rotatable bonds is 6. The van der Waals surface area contributed by atoms with Crippen molar-refractivity contribution >= 4 is 34.1 Å². The monoisotopic (exact) mass is 364 g/mol. The van der Waals surface area contributed by atoms with Gasteiger partial charge in [-0.3, -0.25) is 9.59 Å². The van der Waals surface area contributed by atoms with Crippen molar-refractivity contribution in [1.29, 1.82) is 0 Å². The van der Waals surface area contributed by atoms with Crippen LogP contribution in [-0.4, -0.2) is 52.4 Å². The Balaban J connectivity index is 0. The average molecular weight is 364 g/mol. The van der Waals surface area contributed by atoms with Gasteiger partial charge in [0.05, 0.1) is 0 Å². The molecule has 106 valence electrons. The van der Waals surface area contributed by atoms with Crippen LogP contribution in [0.4, 0.5) is 0 Å². The number of ketones is 1. The second kappa shape index (κ2) is 10.8. The summed E-state index contributed by atoms with van der Waals surface area (Å²) in [7, 11) is 0. The summed E-state index contributed by atoms with van der Waals surface area (Å²) in [5.41, 5.74) is 0. The molecule has 1 N–H and O–H groups in total. The summed E-state index contributed by atoms with van der Waals surface area (Å²) in [6.07, 6.45) is -0.361. The first-order chi connectivity index (χ1) is 8.15. The molecule has 5 nitrogen and oxygen atoms in total. The van der Waals surface area contributed by atoms with Gasteiger partial charge in [-0.15, -0.1) is 0 Å². The predicted molar refractivity (Wildman–Crippen MR) is 71.7 cm³/mol. The third kappa shape index (κ3) is 14.0. The van der Waals surface area contributed by atoms with E-state index in [4.69, 9.17) is 10.8 Å². The number of hydrogen-bond donors (Lipinski definition) is 1. The van der Waals surface area contributed by atoms with E-state index in [0.717, 1.165) is 13.2 Å². The number of carboxylic acid groups (broad SMARTS) is 1. The Morgan fingerprint density at radius 1 is 1.11 bits per heavy atom. The van der Waals surface area contributed by atoms with Gasteiger partial charge in [-0.1, -0.05) is 0 Å². The van der Waals surface area contributed by atoms with Gasteiger partial charge < -0.3 is 5.11 Å². The first kappa shape index (κ1) is 20.3. The minimum absolute atomic E-state index is 0.285. The molecule has 0 amide bonds. The summed E-state index contributed by atoms with van der Waals surface area (Å²) in [6.45, 7) is 13.5. The molecule has 0 aliphatic heterocycles. The molecule has 0 fully saturated rings. The van der Waals surface area contributed by atoms with Crippen molar-refractivity contribution in [2.75, 3.05) is 13.2 Å². The molecule has 0 saturated heterocycles. The molecule has 0 rings (SSSR count). The number of Topliss-reactive ketones (excluding diaryl/α,β-unsaturated/α-hetero) is 1. The molecule has 0 heterocycles. The fourth-order valence-corrected chi connectivity index (χ4v) is 5.92. The average Bonchev–Trinajstić information content (AvgIpc) is 2.14. The summed E-state index contributed by atoms with van der Waals surface area (Å²) < 4.78 is 11.6. The Hall–Kier alpha value is -0.0699. The van der Waals surface area contributed by atoms with Crippen LogP contribution in [0.3, 0.4) is 0 Å². The molecule has 0 bridgehead atoms. The van der Waals surface area contributed by atoms with Gasteiger partial charge in [-0.25, -0.2) is 0 Å². The summed E-state index contributed by atoms with van der Waals surface area (Å²) in [4.78, 5) is 19.5. The van der Waals surface area contributed by atoms with Crippen molar-refractivity contribution in [3.8, 4) is 0 Å². The molecule has 6 heteroatoms. The second-order valence-electron chi connectivity index (χ2n) is 4.88. The Kier molecular flexibility index (Phi) is 12.2. The van der Waals surface area contributed by atoms with Crippen molar-refractivity contribution in [2.24, 2.45) is 0 Å². The maximum atomic E-state index is 9.87. The van der Waals surface area contributed by atoms with E-state index in [0.29, 0.717) is 0 Å². The second-order valence-corrected chi connectivity index (χ2v) is 13.6. The molecule has 18 heavy (non-hydrogen) atoms. The van der Waals surface area contributed by atoms with Crippen molar-refractivity contribution in [1.82, 2.24) is 0 Å². The quantitative estimate of drug-likeness (QED) is 0.733. The van der Waals surface area contributed by atoms with Crippen molar-refractivity contribution in [3.63, 3.8) is 0 Å². The SMILES string of the molecule is CC(=O)CC(=O)O.CC[O][In]([O]CC)[C](C)(C)C. The zero-order valence-electron chi connectivity index (χ0n) is 12.3. The van der Waals surface area contributed by atoms with Crippen LogP contribution in [0.15, 0.2) is 0 Å². The van der Waals surface area contributed by atoms with Gasteiger partial charge in [-0.2, -0.15) is 0 Å². The number of carbonyl (C=O) groups excluding carboxylic acids is 1. The van der Waals surface area contributed by atoms with E-state index in [1.807, 2.05) is 13.8 Å². The van der Waals surface area contributed by atoms with Gasteiger partial charge in [0.1, 0.15) is 12.2 Å². The van der Waals surface area contributed by atoms with Crippen LogP contribution < -0.4 is 0 Å². The fraction of sp³-hybridized carbons (Fsp3) is 0.833. The Morgan fingerprint density at radius 3 is 1.61 bits per heavy atom. The molecule has 0 saturated carbocycles. The molecule has 0 aliphatic rings. The van der Waals surface area contributed by atoms with Gasteiger partial charge in [0.2, 0.25) is 0 Å². The summed E-state index contributed by atoms with van der Waals surface area (Å²) >= 11 is -2.11. The molecular formula is C12H25InO5. The van der Waals surface area contributed by atoms with Gasteiger partial charge in [0.15, 0.2) is 0 Å². The maximum absolute atomic E-state index is 9.87. The zero-order valence-corrected chi connectivity index (χ0v) is 15.6. The molecule has 0 aromatic heterocycles. The third-order valence-electron chi connectivity index (χ3n) is 1.74. The molecule has 0 spiro atoms. The van der Waals surface area contributed by atoms with Gasteiger partial charge in [0.25, 0.3) is 0 Å². The van der Waals surface area contributed by atoms with Gasteiger partial charge >= 0.3 is 85.0 Å². The van der Waals surface area contributed by atoms with Gasteiger partial charge in [0, 0.05) is 0 Å². The first-order valence-corrected chi connectivity index (χ1v) is 10.4. The van der Waals surface area contributed by atoms with E-state index in [1.54, 1.807) is 0 Å². The summed E-state index contributed by atoms with van der Waals surface area (Å²) in [5, 5.41) is 7.86. The number of carbonyl (C=O) groups is 2. The van der Waals surface area contributed by atoms with Crippen LogP contribution in [0.25, 0.3) is 0 Å². The normalized spacial score (nSPS) is 10.3. The number of aliphatic carboxylic acids is 1. The number of hydrogen-bond acceptors (Lipinski definition) is 4. The summed E-state index contributed by atoms with van der Waals surface area (Å²) in [5.74, 6) is -1.37. The molecular weight excluding hydrogens is 339 g/mol. The Morgan fingerprint density at radius 2 is 1.50 bits per heavy atom. The minimum atomic E-state index is -2.11.